The summed E-state index contributed by atoms with van der Waals surface area (Å²) in [5, 5.41) is 9.17. The fraction of sp³-hybridized carbons (Fsp3) is 0.150. The van der Waals surface area contributed by atoms with Crippen LogP contribution in [0, 0.1) is 0 Å². The quantitative estimate of drug-likeness (QED) is 0.379. The molecule has 0 fully saturated rings. The predicted octanol–water partition coefficient (Wildman–Crippen LogP) is 4.72. The number of halogens is 3. The largest absolute Gasteiger partial charge is 0.490 e. The van der Waals surface area contributed by atoms with Crippen LogP contribution in [0.4, 0.5) is 29.7 Å². The summed E-state index contributed by atoms with van der Waals surface area (Å²) in [4.78, 5) is 19.6. The second kappa shape index (κ2) is 9.67. The van der Waals surface area contributed by atoms with Crippen molar-refractivity contribution in [3.8, 4) is 5.75 Å². The van der Waals surface area contributed by atoms with Crippen LogP contribution in [0.15, 0.2) is 58.4 Å². The Labute approximate surface area is 204 Å². The highest BCUT2D eigenvalue weighted by Gasteiger charge is 2.38. The molecule has 5 rings (SSSR count). The van der Waals surface area contributed by atoms with Crippen molar-refractivity contribution in [2.45, 2.75) is 11.1 Å². The number of nitrogens with zero attached hydrogens (tertiary/aromatic N) is 3. The summed E-state index contributed by atoms with van der Waals surface area (Å²) in [6.07, 6.45) is -3.53. The number of anilines is 3. The average molecular weight is 545 g/mol. The molecule has 2 aromatic carbocycles. The fourth-order valence-electron chi connectivity index (χ4n) is 3.15. The first-order valence-corrected chi connectivity index (χ1v) is 12.9. The number of aromatic nitrogens is 2. The number of thiazole rings is 2. The van der Waals surface area contributed by atoms with Gasteiger partial charge in [0.1, 0.15) is 17.9 Å². The molecule has 0 saturated carbocycles. The zero-order chi connectivity index (χ0) is 25.2. The molecule has 0 atom stereocenters. The first kappa shape index (κ1) is 24.7. The minimum absolute atomic E-state index is 0.134. The van der Waals surface area contributed by atoms with Crippen molar-refractivity contribution < 1.29 is 36.2 Å². The number of sulfonamides is 1. The van der Waals surface area contributed by atoms with E-state index in [1.165, 1.54) is 11.3 Å². The zero-order valence-electron chi connectivity index (χ0n) is 17.4. The number of fused-ring (bicyclic) bond motifs is 2. The molecule has 184 valence electrons. The highest BCUT2D eigenvalue weighted by Crippen LogP contribution is 2.41. The SMILES string of the molecule is O=C(O)C(F)(F)F.O=S(=O)(Nc1nccs1)c1ccc2c(c1)OCCN2c1cccc2scnc12. The molecule has 0 unspecified atom stereocenters. The Balaban J connectivity index is 0.000000364. The van der Waals surface area contributed by atoms with E-state index in [9.17, 15) is 21.6 Å². The number of aliphatic carboxylic acids is 1. The van der Waals surface area contributed by atoms with Gasteiger partial charge in [-0.2, -0.15) is 13.2 Å². The molecule has 0 bridgehead atoms. The van der Waals surface area contributed by atoms with Crippen molar-refractivity contribution in [2.24, 2.45) is 0 Å². The molecular weight excluding hydrogens is 529 g/mol. The average Bonchev–Trinajstić information content (AvgIpc) is 3.49. The van der Waals surface area contributed by atoms with Gasteiger partial charge in [0, 0.05) is 17.6 Å². The van der Waals surface area contributed by atoms with Crippen LogP contribution < -0.4 is 14.4 Å². The number of ether oxygens (including phenoxy) is 1. The topological polar surface area (TPSA) is 122 Å². The van der Waals surface area contributed by atoms with Gasteiger partial charge in [0.2, 0.25) is 0 Å². The van der Waals surface area contributed by atoms with Crippen molar-refractivity contribution in [3.63, 3.8) is 0 Å². The summed E-state index contributed by atoms with van der Waals surface area (Å²) >= 11 is 2.82. The molecule has 3 heterocycles. The fourth-order valence-corrected chi connectivity index (χ4v) is 5.66. The number of hydrogen-bond donors (Lipinski definition) is 2. The maximum Gasteiger partial charge on any atom is 0.490 e. The second-order valence-electron chi connectivity index (χ2n) is 6.85. The van der Waals surface area contributed by atoms with Gasteiger partial charge in [0.15, 0.2) is 5.13 Å². The van der Waals surface area contributed by atoms with Gasteiger partial charge in [-0.3, -0.25) is 4.72 Å². The Bertz CT molecular complexity index is 1460. The van der Waals surface area contributed by atoms with Crippen molar-refractivity contribution in [3.05, 3.63) is 53.5 Å². The van der Waals surface area contributed by atoms with Gasteiger partial charge in [0.05, 0.1) is 33.0 Å². The number of carbonyl (C=O) groups is 1. The summed E-state index contributed by atoms with van der Waals surface area (Å²) < 4.78 is 66.4. The Morgan fingerprint density at radius 1 is 1.14 bits per heavy atom. The molecule has 0 saturated heterocycles. The first-order valence-electron chi connectivity index (χ1n) is 9.65. The lowest BCUT2D eigenvalue weighted by Crippen LogP contribution is -2.29. The van der Waals surface area contributed by atoms with Crippen LogP contribution in [-0.4, -0.2) is 48.8 Å². The predicted molar refractivity (Wildman–Crippen MR) is 125 cm³/mol. The molecular formula is C20H15F3N4O5S3. The van der Waals surface area contributed by atoms with Crippen LogP contribution in [0.2, 0.25) is 0 Å². The van der Waals surface area contributed by atoms with E-state index in [0.717, 1.165) is 21.6 Å². The number of carboxylic acid groups (broad SMARTS) is 1. The third kappa shape index (κ3) is 5.47. The van der Waals surface area contributed by atoms with Crippen molar-refractivity contribution in [2.75, 3.05) is 22.8 Å². The molecule has 1 aliphatic heterocycles. The number of hydrogen-bond acceptors (Lipinski definition) is 9. The Morgan fingerprint density at radius 3 is 2.60 bits per heavy atom. The van der Waals surface area contributed by atoms with Gasteiger partial charge in [-0.25, -0.2) is 23.2 Å². The molecule has 4 aromatic rings. The van der Waals surface area contributed by atoms with Gasteiger partial charge in [0.25, 0.3) is 10.0 Å². The molecule has 2 aromatic heterocycles. The molecule has 1 aliphatic rings. The molecule has 0 amide bonds. The standard InChI is InChI=1S/C18H14N4O3S3.C2HF3O2/c23-28(24,21-18-19-6-9-26-18)12-4-5-13-15(10-12)25-8-7-22(13)14-2-1-3-16-17(14)20-11-27-16;3-2(4,5)1(6)7/h1-6,9-11H,7-8H2,(H,19,21);(H,6,7). The number of para-hydroxylation sites is 1. The van der Waals surface area contributed by atoms with Crippen molar-refractivity contribution >= 4 is 65.4 Å². The third-order valence-corrected chi connectivity index (χ3v) is 7.58. The molecule has 0 spiro atoms. The Hall–Kier alpha value is -3.43. The summed E-state index contributed by atoms with van der Waals surface area (Å²) in [5.41, 5.74) is 4.57. The van der Waals surface area contributed by atoms with Gasteiger partial charge < -0.3 is 14.7 Å². The van der Waals surface area contributed by atoms with Crippen molar-refractivity contribution in [1.82, 2.24) is 9.97 Å². The maximum atomic E-state index is 12.7. The Kier molecular flexibility index (Phi) is 6.82. The number of nitrogens with one attached hydrogen (secondary N) is 1. The van der Waals surface area contributed by atoms with E-state index in [1.807, 2.05) is 23.7 Å². The van der Waals surface area contributed by atoms with Crippen molar-refractivity contribution in [1.29, 1.82) is 0 Å². The Morgan fingerprint density at radius 2 is 1.91 bits per heavy atom. The molecule has 0 radical (unpaired) electrons. The van der Waals surface area contributed by atoms with Gasteiger partial charge in [-0.1, -0.05) is 6.07 Å². The molecule has 0 aliphatic carbocycles. The monoisotopic (exact) mass is 544 g/mol. The maximum absolute atomic E-state index is 12.7. The van der Waals surface area contributed by atoms with E-state index in [2.05, 4.69) is 19.6 Å². The minimum atomic E-state index is -5.08. The number of alkyl halides is 3. The summed E-state index contributed by atoms with van der Waals surface area (Å²) in [5.74, 6) is -2.23. The number of rotatable bonds is 4. The lowest BCUT2D eigenvalue weighted by molar-refractivity contribution is -0.192. The molecule has 9 nitrogen and oxygen atoms in total. The summed E-state index contributed by atoms with van der Waals surface area (Å²) in [6.45, 7) is 1.12. The van der Waals surface area contributed by atoms with Crippen LogP contribution in [0.3, 0.4) is 0 Å². The molecule has 15 heteroatoms. The van der Waals surface area contributed by atoms with E-state index in [4.69, 9.17) is 14.6 Å². The minimum Gasteiger partial charge on any atom is -0.489 e. The lowest BCUT2D eigenvalue weighted by atomic mass is 10.2. The van der Waals surface area contributed by atoms with Crippen LogP contribution in [-0.2, 0) is 14.8 Å². The highest BCUT2D eigenvalue weighted by atomic mass is 32.2. The van der Waals surface area contributed by atoms with Gasteiger partial charge in [-0.15, -0.1) is 22.7 Å². The van der Waals surface area contributed by atoms with Crippen LogP contribution >= 0.6 is 22.7 Å². The normalized spacial score (nSPS) is 13.4. The first-order chi connectivity index (χ1) is 16.6. The summed E-state index contributed by atoms with van der Waals surface area (Å²) in [7, 11) is -3.74. The van der Waals surface area contributed by atoms with Crippen LogP contribution in [0.1, 0.15) is 0 Å². The van der Waals surface area contributed by atoms with Gasteiger partial charge in [-0.05, 0) is 24.3 Å². The lowest BCUT2D eigenvalue weighted by Gasteiger charge is -2.31. The van der Waals surface area contributed by atoms with E-state index >= 15 is 0 Å². The molecule has 2 N–H and O–H groups in total. The van der Waals surface area contributed by atoms with E-state index < -0.39 is 22.2 Å². The highest BCUT2D eigenvalue weighted by molar-refractivity contribution is 7.93. The van der Waals surface area contributed by atoms with Gasteiger partial charge >= 0.3 is 12.1 Å². The van der Waals surface area contributed by atoms with E-state index in [-0.39, 0.29) is 4.90 Å². The van der Waals surface area contributed by atoms with E-state index in [0.29, 0.717) is 24.0 Å². The number of benzene rings is 2. The number of carboxylic acids is 1. The smallest absolute Gasteiger partial charge is 0.489 e. The van der Waals surface area contributed by atoms with Crippen LogP contribution in [0.25, 0.3) is 10.2 Å². The van der Waals surface area contributed by atoms with Crippen LogP contribution in [0.5, 0.6) is 5.75 Å². The second-order valence-corrected chi connectivity index (χ2v) is 10.3. The third-order valence-electron chi connectivity index (χ3n) is 4.63. The zero-order valence-corrected chi connectivity index (χ0v) is 19.8. The van der Waals surface area contributed by atoms with E-state index in [1.54, 1.807) is 41.1 Å². The summed E-state index contributed by atoms with van der Waals surface area (Å²) in [6, 6.07) is 11.0. The molecule has 35 heavy (non-hydrogen) atoms.